The van der Waals surface area contributed by atoms with Crippen LogP contribution in [0.25, 0.3) is 11.3 Å². The molecule has 1 aliphatic carbocycles. The van der Waals surface area contributed by atoms with Crippen LogP contribution in [0.4, 0.5) is 0 Å². The van der Waals surface area contributed by atoms with E-state index < -0.39 is 0 Å². The van der Waals surface area contributed by atoms with Gasteiger partial charge in [-0.3, -0.25) is 14.3 Å². The first-order valence-electron chi connectivity index (χ1n) is 13.4. The van der Waals surface area contributed by atoms with Crippen molar-refractivity contribution in [2.75, 3.05) is 41.0 Å². The molecule has 1 aliphatic heterocycles. The zero-order valence-electron chi connectivity index (χ0n) is 22.3. The predicted octanol–water partition coefficient (Wildman–Crippen LogP) is 4.22. The Labute approximate surface area is 219 Å². The van der Waals surface area contributed by atoms with Gasteiger partial charge in [0.05, 0.1) is 38.6 Å². The summed E-state index contributed by atoms with van der Waals surface area (Å²) < 4.78 is 18.1. The highest BCUT2D eigenvalue weighted by Crippen LogP contribution is 2.41. The molecule has 0 spiro atoms. The van der Waals surface area contributed by atoms with Crippen LogP contribution in [0.15, 0.2) is 24.3 Å². The predicted molar refractivity (Wildman–Crippen MR) is 141 cm³/mol. The molecule has 4 rings (SSSR count). The van der Waals surface area contributed by atoms with Crippen LogP contribution < -0.4 is 14.8 Å². The first-order chi connectivity index (χ1) is 18.0. The number of hydrogen-bond donors (Lipinski definition) is 1. The number of carbonyl (C=O) groups excluding carboxylic acids is 2. The van der Waals surface area contributed by atoms with Gasteiger partial charge in [-0.05, 0) is 69.8 Å². The van der Waals surface area contributed by atoms with Gasteiger partial charge >= 0.3 is 5.97 Å². The average Bonchev–Trinajstić information content (AvgIpc) is 3.61. The highest BCUT2D eigenvalue weighted by Gasteiger charge is 2.28. The number of nitrogens with one attached hydrogen (secondary N) is 1. The van der Waals surface area contributed by atoms with E-state index in [4.69, 9.17) is 19.3 Å². The van der Waals surface area contributed by atoms with Crippen molar-refractivity contribution in [1.29, 1.82) is 0 Å². The Morgan fingerprint density at radius 1 is 1.03 bits per heavy atom. The molecule has 2 aromatic rings. The number of ether oxygens (including phenoxy) is 3. The van der Waals surface area contributed by atoms with Gasteiger partial charge in [-0.15, -0.1) is 0 Å². The van der Waals surface area contributed by atoms with Crippen LogP contribution in [0.2, 0.25) is 0 Å². The van der Waals surface area contributed by atoms with E-state index in [9.17, 15) is 9.59 Å². The first-order valence-corrected chi connectivity index (χ1v) is 13.4. The minimum absolute atomic E-state index is 0.0720. The summed E-state index contributed by atoms with van der Waals surface area (Å²) in [5, 5.41) is 8.05. The number of aromatic nitrogens is 2. The zero-order valence-corrected chi connectivity index (χ0v) is 22.3. The van der Waals surface area contributed by atoms with Crippen LogP contribution in [-0.4, -0.2) is 73.6 Å². The van der Waals surface area contributed by atoms with Crippen molar-refractivity contribution in [2.45, 2.75) is 69.9 Å². The number of carbonyl (C=O) groups is 2. The number of benzene rings is 1. The van der Waals surface area contributed by atoms with E-state index in [2.05, 4.69) is 10.2 Å². The average molecular weight is 513 g/mol. The number of nitrogens with zero attached hydrogens (tertiary/aromatic N) is 3. The zero-order chi connectivity index (χ0) is 26.2. The smallest absolute Gasteiger partial charge is 0.305 e. The monoisotopic (exact) mass is 512 g/mol. The lowest BCUT2D eigenvalue weighted by molar-refractivity contribution is -0.140. The van der Waals surface area contributed by atoms with E-state index in [0.717, 1.165) is 82.3 Å². The van der Waals surface area contributed by atoms with Gasteiger partial charge in [0.25, 0.3) is 5.91 Å². The first kappa shape index (κ1) is 27.0. The molecule has 2 heterocycles. The third kappa shape index (κ3) is 6.63. The summed E-state index contributed by atoms with van der Waals surface area (Å²) >= 11 is 0. The second-order valence-corrected chi connectivity index (χ2v) is 9.98. The minimum Gasteiger partial charge on any atom is -0.496 e. The van der Waals surface area contributed by atoms with Crippen LogP contribution in [-0.2, 0) is 9.53 Å². The van der Waals surface area contributed by atoms with E-state index in [1.807, 2.05) is 28.9 Å². The van der Waals surface area contributed by atoms with Gasteiger partial charge in [0.15, 0.2) is 5.69 Å². The SMILES string of the molecule is COC(=O)CCCCN1CCC[C@H](NC(=O)c2cc(-c3c(OC)cccc3OC)n(C3CCCC3)n2)C1. The van der Waals surface area contributed by atoms with Crippen molar-refractivity contribution in [2.24, 2.45) is 0 Å². The van der Waals surface area contributed by atoms with Crippen molar-refractivity contribution in [3.8, 4) is 22.8 Å². The fourth-order valence-electron chi connectivity index (χ4n) is 5.57. The van der Waals surface area contributed by atoms with Gasteiger partial charge < -0.3 is 24.4 Å². The molecule has 37 heavy (non-hydrogen) atoms. The molecule has 0 radical (unpaired) electrons. The van der Waals surface area contributed by atoms with Gasteiger partial charge in [0, 0.05) is 19.0 Å². The van der Waals surface area contributed by atoms with Crippen LogP contribution in [0.3, 0.4) is 0 Å². The Morgan fingerprint density at radius 3 is 2.43 bits per heavy atom. The maximum absolute atomic E-state index is 13.4. The molecule has 1 saturated carbocycles. The molecular weight excluding hydrogens is 472 g/mol. The molecule has 9 nitrogen and oxygen atoms in total. The number of piperidine rings is 1. The van der Waals surface area contributed by atoms with E-state index in [-0.39, 0.29) is 24.0 Å². The molecule has 1 saturated heterocycles. The molecule has 1 aromatic heterocycles. The van der Waals surface area contributed by atoms with Gasteiger partial charge in [-0.2, -0.15) is 5.10 Å². The highest BCUT2D eigenvalue weighted by atomic mass is 16.5. The topological polar surface area (TPSA) is 94.9 Å². The number of likely N-dealkylation sites (tertiary alicyclic amines) is 1. The van der Waals surface area contributed by atoms with Crippen LogP contribution >= 0.6 is 0 Å². The van der Waals surface area contributed by atoms with Crippen molar-refractivity contribution < 1.29 is 23.8 Å². The normalized spacial score (nSPS) is 18.5. The van der Waals surface area contributed by atoms with Gasteiger partial charge in [0.1, 0.15) is 11.5 Å². The number of esters is 1. The third-order valence-electron chi connectivity index (χ3n) is 7.50. The van der Waals surface area contributed by atoms with Crippen LogP contribution in [0.1, 0.15) is 74.3 Å². The Hall–Kier alpha value is -3.07. The van der Waals surface area contributed by atoms with Crippen molar-refractivity contribution in [1.82, 2.24) is 20.0 Å². The number of rotatable bonds is 11. The summed E-state index contributed by atoms with van der Waals surface area (Å²) in [5.41, 5.74) is 2.09. The minimum atomic E-state index is -0.161. The van der Waals surface area contributed by atoms with Crippen molar-refractivity contribution >= 4 is 11.9 Å². The second-order valence-electron chi connectivity index (χ2n) is 9.98. The number of hydrogen-bond acceptors (Lipinski definition) is 7. The maximum Gasteiger partial charge on any atom is 0.305 e. The molecule has 0 bridgehead atoms. The molecule has 2 aliphatic rings. The number of methoxy groups -OCH3 is 3. The lowest BCUT2D eigenvalue weighted by Gasteiger charge is -2.33. The largest absolute Gasteiger partial charge is 0.496 e. The molecular formula is C28H40N4O5. The summed E-state index contributed by atoms with van der Waals surface area (Å²) in [6.07, 6.45) is 8.58. The third-order valence-corrected chi connectivity index (χ3v) is 7.50. The summed E-state index contributed by atoms with van der Waals surface area (Å²) in [5.74, 6) is 1.08. The summed E-state index contributed by atoms with van der Waals surface area (Å²) in [6.45, 7) is 2.73. The van der Waals surface area contributed by atoms with Gasteiger partial charge in [0.2, 0.25) is 0 Å². The Kier molecular flexibility index (Phi) is 9.44. The molecule has 1 N–H and O–H groups in total. The number of unbranched alkanes of at least 4 members (excludes halogenated alkanes) is 1. The van der Waals surface area contributed by atoms with Crippen LogP contribution in [0, 0.1) is 0 Å². The molecule has 202 valence electrons. The van der Waals surface area contributed by atoms with Crippen molar-refractivity contribution in [3.05, 3.63) is 30.0 Å². The summed E-state index contributed by atoms with van der Waals surface area (Å²) in [4.78, 5) is 27.1. The summed E-state index contributed by atoms with van der Waals surface area (Å²) in [6, 6.07) is 7.91. The Bertz CT molecular complexity index is 1040. The van der Waals surface area contributed by atoms with E-state index in [0.29, 0.717) is 23.6 Å². The Balaban J connectivity index is 1.48. The molecule has 0 unspecified atom stereocenters. The molecule has 1 aromatic carbocycles. The van der Waals surface area contributed by atoms with E-state index >= 15 is 0 Å². The maximum atomic E-state index is 13.4. The van der Waals surface area contributed by atoms with Gasteiger partial charge in [-0.1, -0.05) is 18.9 Å². The standard InChI is InChI=1S/C28H40N4O5/c1-35-24-13-8-14-25(36-2)27(24)23-18-22(30-32(23)21-11-4-5-12-21)28(34)29-20-10-9-17-31(19-20)16-7-6-15-26(33)37-3/h8,13-14,18,20-21H,4-7,9-12,15-17,19H2,1-3H3,(H,29,34)/t20-/m0/s1. The van der Waals surface area contributed by atoms with E-state index in [1.165, 1.54) is 7.11 Å². The summed E-state index contributed by atoms with van der Waals surface area (Å²) in [7, 11) is 4.71. The lowest BCUT2D eigenvalue weighted by atomic mass is 10.0. The molecule has 9 heteroatoms. The quantitative estimate of drug-likeness (QED) is 0.356. The highest BCUT2D eigenvalue weighted by molar-refractivity contribution is 5.94. The second kappa shape index (κ2) is 12.9. The molecule has 1 amide bonds. The molecule has 1 atom stereocenters. The van der Waals surface area contributed by atoms with E-state index in [1.54, 1.807) is 14.2 Å². The fourth-order valence-corrected chi connectivity index (χ4v) is 5.57. The Morgan fingerprint density at radius 2 is 1.76 bits per heavy atom. The number of amides is 1. The lowest BCUT2D eigenvalue weighted by Crippen LogP contribution is -2.48. The molecule has 2 fully saturated rings. The van der Waals surface area contributed by atoms with Crippen molar-refractivity contribution in [3.63, 3.8) is 0 Å². The fraction of sp³-hybridized carbons (Fsp3) is 0.607. The van der Waals surface area contributed by atoms with Crippen LogP contribution in [0.5, 0.6) is 11.5 Å². The van der Waals surface area contributed by atoms with Gasteiger partial charge in [-0.25, -0.2) is 0 Å².